The normalized spacial score (nSPS) is 23.5. The Labute approximate surface area is 123 Å². The van der Waals surface area contributed by atoms with E-state index in [0.717, 1.165) is 19.3 Å². The van der Waals surface area contributed by atoms with E-state index in [0.29, 0.717) is 12.6 Å². The molecule has 0 saturated carbocycles. The van der Waals surface area contributed by atoms with E-state index in [1.807, 2.05) is 24.5 Å². The highest BCUT2D eigenvalue weighted by atomic mass is 16.5. The zero-order valence-electron chi connectivity index (χ0n) is 11.7. The first-order valence-electron chi connectivity index (χ1n) is 7.24. The number of hydrogen-bond acceptors (Lipinski definition) is 4. The number of nitrogens with two attached hydrogens (primary N) is 1. The molecule has 0 bridgehead atoms. The largest absolute Gasteiger partial charge is 0.463 e. The van der Waals surface area contributed by atoms with Gasteiger partial charge in [0.05, 0.1) is 0 Å². The van der Waals surface area contributed by atoms with Crippen LogP contribution in [0.4, 0.5) is 0 Å². The SMILES string of the molecule is NC1=NC2(CCc3cc(-c4ccncc4)ccc3C2)CO1. The van der Waals surface area contributed by atoms with E-state index in [1.165, 1.54) is 22.3 Å². The number of fused-ring (bicyclic) bond motifs is 1. The highest BCUT2D eigenvalue weighted by Gasteiger charge is 2.39. The van der Waals surface area contributed by atoms with Crippen molar-refractivity contribution < 1.29 is 4.74 Å². The molecule has 1 atom stereocenters. The number of rotatable bonds is 1. The summed E-state index contributed by atoms with van der Waals surface area (Å²) < 4.78 is 5.38. The highest BCUT2D eigenvalue weighted by molar-refractivity contribution is 5.74. The van der Waals surface area contributed by atoms with Gasteiger partial charge in [0.15, 0.2) is 0 Å². The Kier molecular flexibility index (Phi) is 2.70. The molecule has 4 nitrogen and oxygen atoms in total. The molecule has 2 aliphatic rings. The zero-order chi connectivity index (χ0) is 14.3. The van der Waals surface area contributed by atoms with E-state index in [2.05, 4.69) is 28.2 Å². The first-order chi connectivity index (χ1) is 10.2. The summed E-state index contributed by atoms with van der Waals surface area (Å²) in [5.41, 5.74) is 10.8. The average Bonchev–Trinajstić information content (AvgIpc) is 2.88. The Morgan fingerprint density at radius 3 is 2.67 bits per heavy atom. The number of aliphatic imine (C=N–C) groups is 1. The second-order valence-electron chi connectivity index (χ2n) is 5.86. The molecule has 0 amide bonds. The van der Waals surface area contributed by atoms with Gasteiger partial charge in [-0.15, -0.1) is 0 Å². The molecule has 2 aromatic rings. The average molecular weight is 279 g/mol. The quantitative estimate of drug-likeness (QED) is 0.871. The van der Waals surface area contributed by atoms with Crippen LogP contribution in [-0.4, -0.2) is 23.2 Å². The Balaban J connectivity index is 1.67. The lowest BCUT2D eigenvalue weighted by Gasteiger charge is -2.30. The molecule has 4 rings (SSSR count). The van der Waals surface area contributed by atoms with Gasteiger partial charge in [-0.3, -0.25) is 4.98 Å². The van der Waals surface area contributed by atoms with Crippen LogP contribution in [0.15, 0.2) is 47.7 Å². The molecular formula is C17H17N3O. The van der Waals surface area contributed by atoms with Crippen molar-refractivity contribution in [2.75, 3.05) is 6.61 Å². The van der Waals surface area contributed by atoms with Crippen LogP contribution in [0.3, 0.4) is 0 Å². The van der Waals surface area contributed by atoms with Crippen molar-refractivity contribution in [2.45, 2.75) is 24.8 Å². The van der Waals surface area contributed by atoms with Crippen molar-refractivity contribution in [1.82, 2.24) is 4.98 Å². The third-order valence-electron chi connectivity index (χ3n) is 4.44. The summed E-state index contributed by atoms with van der Waals surface area (Å²) in [6.45, 7) is 0.615. The third-order valence-corrected chi connectivity index (χ3v) is 4.44. The summed E-state index contributed by atoms with van der Waals surface area (Å²) >= 11 is 0. The van der Waals surface area contributed by atoms with Gasteiger partial charge in [0.2, 0.25) is 0 Å². The van der Waals surface area contributed by atoms with Crippen molar-refractivity contribution in [3.8, 4) is 11.1 Å². The number of benzene rings is 1. The first-order valence-corrected chi connectivity index (χ1v) is 7.24. The molecule has 0 radical (unpaired) electrons. The van der Waals surface area contributed by atoms with Crippen molar-refractivity contribution in [3.05, 3.63) is 53.9 Å². The standard InChI is InChI=1S/C17H17N3O/c18-16-20-17(11-21-16)6-3-14-9-13(1-2-15(14)10-17)12-4-7-19-8-5-12/h1-2,4-5,7-9H,3,6,10-11H2,(H2,18,20). The van der Waals surface area contributed by atoms with E-state index >= 15 is 0 Å². The molecule has 2 N–H and O–H groups in total. The molecular weight excluding hydrogens is 262 g/mol. The number of hydrogen-bond donors (Lipinski definition) is 1. The van der Waals surface area contributed by atoms with Gasteiger partial charge in [-0.25, -0.2) is 4.99 Å². The lowest BCUT2D eigenvalue weighted by atomic mass is 9.78. The predicted octanol–water partition coefficient (Wildman–Crippen LogP) is 2.32. The zero-order valence-corrected chi connectivity index (χ0v) is 11.7. The van der Waals surface area contributed by atoms with Crippen LogP contribution in [0.5, 0.6) is 0 Å². The van der Waals surface area contributed by atoms with Crippen LogP contribution in [0.2, 0.25) is 0 Å². The molecule has 21 heavy (non-hydrogen) atoms. The van der Waals surface area contributed by atoms with Crippen molar-refractivity contribution in [3.63, 3.8) is 0 Å². The van der Waals surface area contributed by atoms with Gasteiger partial charge in [-0.05, 0) is 47.2 Å². The third kappa shape index (κ3) is 2.17. The molecule has 1 aromatic heterocycles. The molecule has 1 aliphatic carbocycles. The van der Waals surface area contributed by atoms with E-state index in [4.69, 9.17) is 10.5 Å². The van der Waals surface area contributed by atoms with Gasteiger partial charge in [0.1, 0.15) is 12.1 Å². The fourth-order valence-electron chi connectivity index (χ4n) is 3.29. The number of aryl methyl sites for hydroxylation is 1. The lowest BCUT2D eigenvalue weighted by Crippen LogP contribution is -2.35. The highest BCUT2D eigenvalue weighted by Crippen LogP contribution is 2.36. The Morgan fingerprint density at radius 1 is 1.05 bits per heavy atom. The summed E-state index contributed by atoms with van der Waals surface area (Å²) in [5.74, 6) is 0. The van der Waals surface area contributed by atoms with Gasteiger partial charge >= 0.3 is 0 Å². The number of ether oxygens (including phenoxy) is 1. The first kappa shape index (κ1) is 12.4. The number of aromatic nitrogens is 1. The molecule has 2 heterocycles. The van der Waals surface area contributed by atoms with Gasteiger partial charge in [0.25, 0.3) is 6.02 Å². The number of nitrogens with zero attached hydrogens (tertiary/aromatic N) is 2. The molecule has 1 aromatic carbocycles. The van der Waals surface area contributed by atoms with E-state index in [1.54, 1.807) is 0 Å². The van der Waals surface area contributed by atoms with Crippen LogP contribution >= 0.6 is 0 Å². The fraction of sp³-hybridized carbons (Fsp3) is 0.294. The molecule has 1 aliphatic heterocycles. The van der Waals surface area contributed by atoms with Crippen LogP contribution in [0.25, 0.3) is 11.1 Å². The molecule has 106 valence electrons. The molecule has 4 heteroatoms. The van der Waals surface area contributed by atoms with Crippen molar-refractivity contribution >= 4 is 6.02 Å². The van der Waals surface area contributed by atoms with Crippen LogP contribution < -0.4 is 5.73 Å². The van der Waals surface area contributed by atoms with E-state index in [-0.39, 0.29) is 5.54 Å². The number of pyridine rings is 1. The fourth-order valence-corrected chi connectivity index (χ4v) is 3.29. The minimum Gasteiger partial charge on any atom is -0.463 e. The van der Waals surface area contributed by atoms with Gasteiger partial charge in [0, 0.05) is 18.8 Å². The predicted molar refractivity (Wildman–Crippen MR) is 82.0 cm³/mol. The second-order valence-corrected chi connectivity index (χ2v) is 5.86. The lowest BCUT2D eigenvalue weighted by molar-refractivity contribution is 0.235. The Bertz CT molecular complexity index is 711. The molecule has 1 unspecified atom stereocenters. The minimum atomic E-state index is -0.130. The topological polar surface area (TPSA) is 60.5 Å². The molecule has 0 saturated heterocycles. The minimum absolute atomic E-state index is 0.130. The van der Waals surface area contributed by atoms with Crippen molar-refractivity contribution in [2.24, 2.45) is 10.7 Å². The van der Waals surface area contributed by atoms with E-state index < -0.39 is 0 Å². The monoisotopic (exact) mass is 279 g/mol. The van der Waals surface area contributed by atoms with Crippen LogP contribution in [-0.2, 0) is 17.6 Å². The van der Waals surface area contributed by atoms with Crippen LogP contribution in [0, 0.1) is 0 Å². The number of amidine groups is 1. The summed E-state index contributed by atoms with van der Waals surface area (Å²) in [6, 6.07) is 11.1. The van der Waals surface area contributed by atoms with Crippen molar-refractivity contribution in [1.29, 1.82) is 0 Å². The van der Waals surface area contributed by atoms with Gasteiger partial charge < -0.3 is 10.5 Å². The second kappa shape index (κ2) is 4.58. The Hall–Kier alpha value is -2.36. The summed E-state index contributed by atoms with van der Waals surface area (Å²) in [5, 5.41) is 0. The van der Waals surface area contributed by atoms with Gasteiger partial charge in [-0.2, -0.15) is 0 Å². The Morgan fingerprint density at radius 2 is 1.90 bits per heavy atom. The maximum atomic E-state index is 5.68. The van der Waals surface area contributed by atoms with E-state index in [9.17, 15) is 0 Å². The maximum Gasteiger partial charge on any atom is 0.282 e. The maximum absolute atomic E-state index is 5.68. The summed E-state index contributed by atoms with van der Waals surface area (Å²) in [7, 11) is 0. The van der Waals surface area contributed by atoms with Gasteiger partial charge in [-0.1, -0.05) is 18.2 Å². The molecule has 0 fully saturated rings. The summed E-state index contributed by atoms with van der Waals surface area (Å²) in [6.07, 6.45) is 6.60. The van der Waals surface area contributed by atoms with Crippen LogP contribution in [0.1, 0.15) is 17.5 Å². The molecule has 1 spiro atoms. The summed E-state index contributed by atoms with van der Waals surface area (Å²) in [4.78, 5) is 8.60. The smallest absolute Gasteiger partial charge is 0.282 e.